The molecular weight excluding hydrogens is 304 g/mol. The van der Waals surface area contributed by atoms with E-state index in [2.05, 4.69) is 15.6 Å². The number of hydrogen-bond donors (Lipinski definition) is 1. The van der Waals surface area contributed by atoms with Crippen molar-refractivity contribution in [1.29, 1.82) is 0 Å². The smallest absolute Gasteiger partial charge is 0.267 e. The molecule has 0 bridgehead atoms. The molecule has 3 rings (SSSR count). The first-order valence-corrected chi connectivity index (χ1v) is 8.45. The molecule has 1 aromatic heterocycles. The second-order valence-corrected chi connectivity index (χ2v) is 6.42. The molecule has 1 saturated carbocycles. The average molecular weight is 326 g/mol. The fraction of sp³-hybridized carbons (Fsp3) is 0.444. The van der Waals surface area contributed by atoms with Gasteiger partial charge >= 0.3 is 0 Å². The summed E-state index contributed by atoms with van der Waals surface area (Å²) in [5.74, 6) is -0.376. The lowest BCUT2D eigenvalue weighted by Crippen LogP contribution is -2.30. The van der Waals surface area contributed by atoms with Gasteiger partial charge in [0.05, 0.1) is 11.4 Å². The highest BCUT2D eigenvalue weighted by Gasteiger charge is 2.18. The molecule has 1 N–H and O–H groups in total. The van der Waals surface area contributed by atoms with E-state index < -0.39 is 0 Å². The van der Waals surface area contributed by atoms with Crippen molar-refractivity contribution >= 4 is 22.4 Å². The summed E-state index contributed by atoms with van der Waals surface area (Å²) in [7, 11) is 0. The van der Waals surface area contributed by atoms with Gasteiger partial charge in [-0.15, -0.1) is 0 Å². The van der Waals surface area contributed by atoms with E-state index in [1.165, 1.54) is 11.1 Å². The molecule has 0 aliphatic heterocycles. The minimum Gasteiger partial charge on any atom is -0.267 e. The molecule has 24 heavy (non-hydrogen) atoms. The summed E-state index contributed by atoms with van der Waals surface area (Å²) in [5, 5.41) is 9.59. The van der Waals surface area contributed by atoms with Gasteiger partial charge in [-0.25, -0.2) is 10.1 Å². The van der Waals surface area contributed by atoms with E-state index in [9.17, 15) is 9.59 Å². The predicted molar refractivity (Wildman–Crippen MR) is 94.4 cm³/mol. The quantitative estimate of drug-likeness (QED) is 0.881. The zero-order valence-corrected chi connectivity index (χ0v) is 14.1. The average Bonchev–Trinajstić information content (AvgIpc) is 2.61. The third-order valence-electron chi connectivity index (χ3n) is 4.28. The highest BCUT2D eigenvalue weighted by Crippen LogP contribution is 2.16. The van der Waals surface area contributed by atoms with Crippen LogP contribution in [0.3, 0.4) is 0 Å². The van der Waals surface area contributed by atoms with Gasteiger partial charge < -0.3 is 0 Å². The number of carbonyl (C=O) groups excluding carboxylic acids is 1. The molecule has 2 aromatic rings. The molecule has 1 aliphatic carbocycles. The third kappa shape index (κ3) is 3.22. The van der Waals surface area contributed by atoms with Crippen LogP contribution in [0.25, 0.3) is 10.8 Å². The standard InChI is InChI=1S/C18H22N4O2/c1-12(2)22-18(24)15-11-7-6-10-14(15)16(21-22)17(23)20-19-13-8-4-3-5-9-13/h6-7,10-12H,3-5,8-9H2,1-2H3,(H,20,23). The summed E-state index contributed by atoms with van der Waals surface area (Å²) < 4.78 is 1.35. The number of carbonyl (C=O) groups is 1. The molecule has 0 unspecified atom stereocenters. The number of hydrazone groups is 1. The second-order valence-electron chi connectivity index (χ2n) is 6.42. The maximum atomic E-state index is 12.6. The summed E-state index contributed by atoms with van der Waals surface area (Å²) >= 11 is 0. The number of benzene rings is 1. The molecule has 126 valence electrons. The molecule has 6 nitrogen and oxygen atoms in total. The molecule has 0 radical (unpaired) electrons. The van der Waals surface area contributed by atoms with Gasteiger partial charge in [-0.2, -0.15) is 10.2 Å². The number of nitrogens with one attached hydrogen (secondary N) is 1. The van der Waals surface area contributed by atoms with Gasteiger partial charge in [0.2, 0.25) is 0 Å². The topological polar surface area (TPSA) is 76.3 Å². The van der Waals surface area contributed by atoms with Gasteiger partial charge in [0.1, 0.15) is 0 Å². The molecule has 1 aromatic carbocycles. The van der Waals surface area contributed by atoms with Crippen molar-refractivity contribution in [2.75, 3.05) is 0 Å². The summed E-state index contributed by atoms with van der Waals surface area (Å²) in [6.45, 7) is 3.74. The van der Waals surface area contributed by atoms with E-state index in [4.69, 9.17) is 0 Å². The van der Waals surface area contributed by atoms with E-state index in [0.29, 0.717) is 10.8 Å². The zero-order chi connectivity index (χ0) is 17.1. The van der Waals surface area contributed by atoms with Crippen LogP contribution in [0.15, 0.2) is 34.2 Å². The molecular formula is C18H22N4O2. The Labute approximate surface area is 140 Å². The van der Waals surface area contributed by atoms with E-state index in [1.807, 2.05) is 13.8 Å². The summed E-state index contributed by atoms with van der Waals surface area (Å²) in [4.78, 5) is 25.1. The first-order chi connectivity index (χ1) is 11.6. The Morgan fingerprint density at radius 1 is 1.17 bits per heavy atom. The Morgan fingerprint density at radius 2 is 1.83 bits per heavy atom. The minimum absolute atomic E-state index is 0.127. The minimum atomic E-state index is -0.376. The maximum Gasteiger partial charge on any atom is 0.292 e. The Morgan fingerprint density at radius 3 is 2.50 bits per heavy atom. The second kappa shape index (κ2) is 6.95. The highest BCUT2D eigenvalue weighted by molar-refractivity contribution is 6.05. The molecule has 1 amide bonds. The zero-order valence-electron chi connectivity index (χ0n) is 14.1. The van der Waals surface area contributed by atoms with Gasteiger partial charge in [-0.3, -0.25) is 9.59 Å². The number of amides is 1. The number of nitrogens with zero attached hydrogens (tertiary/aromatic N) is 3. The van der Waals surface area contributed by atoms with Crippen molar-refractivity contribution in [2.24, 2.45) is 5.10 Å². The molecule has 0 atom stereocenters. The maximum absolute atomic E-state index is 12.6. The Balaban J connectivity index is 2.00. The van der Waals surface area contributed by atoms with Crippen molar-refractivity contribution < 1.29 is 4.79 Å². The van der Waals surface area contributed by atoms with Crippen LogP contribution in [0.2, 0.25) is 0 Å². The van der Waals surface area contributed by atoms with Crippen molar-refractivity contribution in [3.63, 3.8) is 0 Å². The van der Waals surface area contributed by atoms with Crippen LogP contribution in [-0.2, 0) is 0 Å². The van der Waals surface area contributed by atoms with E-state index in [1.54, 1.807) is 24.3 Å². The lowest BCUT2D eigenvalue weighted by molar-refractivity contribution is 0.0948. The fourth-order valence-electron chi connectivity index (χ4n) is 2.98. The van der Waals surface area contributed by atoms with Crippen molar-refractivity contribution in [3.8, 4) is 0 Å². The molecule has 1 fully saturated rings. The van der Waals surface area contributed by atoms with Crippen molar-refractivity contribution in [3.05, 3.63) is 40.3 Å². The van der Waals surface area contributed by atoms with Gasteiger partial charge in [0.25, 0.3) is 11.5 Å². The van der Waals surface area contributed by atoms with Crippen LogP contribution >= 0.6 is 0 Å². The summed E-state index contributed by atoms with van der Waals surface area (Å²) in [6.07, 6.45) is 5.32. The third-order valence-corrected chi connectivity index (χ3v) is 4.28. The SMILES string of the molecule is CC(C)n1nc(C(=O)NN=C2CCCCC2)c2ccccc2c1=O. The van der Waals surface area contributed by atoms with Crippen LogP contribution < -0.4 is 11.0 Å². The Hall–Kier alpha value is -2.50. The predicted octanol–water partition coefficient (Wildman–Crippen LogP) is 3.03. The molecule has 0 saturated heterocycles. The lowest BCUT2D eigenvalue weighted by atomic mass is 9.99. The number of fused-ring (bicyclic) bond motifs is 1. The molecule has 0 spiro atoms. The largest absolute Gasteiger partial charge is 0.292 e. The van der Waals surface area contributed by atoms with Crippen LogP contribution in [0, 0.1) is 0 Å². The van der Waals surface area contributed by atoms with Gasteiger partial charge in [-0.05, 0) is 45.6 Å². The van der Waals surface area contributed by atoms with Crippen LogP contribution in [0.1, 0.15) is 62.5 Å². The number of aromatic nitrogens is 2. The van der Waals surface area contributed by atoms with Crippen molar-refractivity contribution in [1.82, 2.24) is 15.2 Å². The Kier molecular flexibility index (Phi) is 4.74. The van der Waals surface area contributed by atoms with Crippen LogP contribution in [0.5, 0.6) is 0 Å². The lowest BCUT2D eigenvalue weighted by Gasteiger charge is -2.14. The van der Waals surface area contributed by atoms with Gasteiger partial charge in [0, 0.05) is 11.1 Å². The van der Waals surface area contributed by atoms with E-state index in [-0.39, 0.29) is 23.2 Å². The number of rotatable bonds is 3. The highest BCUT2D eigenvalue weighted by atomic mass is 16.2. The van der Waals surface area contributed by atoms with Gasteiger partial charge in [0.15, 0.2) is 5.69 Å². The van der Waals surface area contributed by atoms with Gasteiger partial charge in [-0.1, -0.05) is 24.6 Å². The molecule has 6 heteroatoms. The summed E-state index contributed by atoms with van der Waals surface area (Å²) in [6, 6.07) is 6.93. The van der Waals surface area contributed by atoms with E-state index >= 15 is 0 Å². The van der Waals surface area contributed by atoms with Crippen LogP contribution in [0.4, 0.5) is 0 Å². The molecule has 1 heterocycles. The normalized spacial score (nSPS) is 14.9. The Bertz CT molecular complexity index is 844. The van der Waals surface area contributed by atoms with E-state index in [0.717, 1.165) is 31.4 Å². The summed E-state index contributed by atoms with van der Waals surface area (Å²) in [5.41, 5.74) is 3.69. The monoisotopic (exact) mass is 326 g/mol. The fourth-order valence-corrected chi connectivity index (χ4v) is 2.98. The first kappa shape index (κ1) is 16.4. The van der Waals surface area contributed by atoms with Crippen molar-refractivity contribution in [2.45, 2.75) is 52.0 Å². The first-order valence-electron chi connectivity index (χ1n) is 8.45. The van der Waals surface area contributed by atoms with Crippen LogP contribution in [-0.4, -0.2) is 21.4 Å². The molecule has 1 aliphatic rings. The number of hydrogen-bond acceptors (Lipinski definition) is 4.